The van der Waals surface area contributed by atoms with Crippen LogP contribution in [0.15, 0.2) is 39.8 Å². The summed E-state index contributed by atoms with van der Waals surface area (Å²) in [6.45, 7) is 0. The second-order valence-electron chi connectivity index (χ2n) is 4.75. The summed E-state index contributed by atoms with van der Waals surface area (Å²) >= 11 is 4.72. The molecule has 1 fully saturated rings. The number of hydrogen-bond acceptors (Lipinski definition) is 3. The van der Waals surface area contributed by atoms with Gasteiger partial charge in [-0.15, -0.1) is 0 Å². The molecule has 0 radical (unpaired) electrons. The van der Waals surface area contributed by atoms with Crippen molar-refractivity contribution in [3.63, 3.8) is 0 Å². The van der Waals surface area contributed by atoms with Gasteiger partial charge in [0.2, 0.25) is 0 Å². The molecule has 0 atom stereocenters. The third kappa shape index (κ3) is 3.07. The lowest BCUT2D eigenvalue weighted by Gasteiger charge is -2.06. The van der Waals surface area contributed by atoms with Crippen LogP contribution in [0.5, 0.6) is 0 Å². The Hall–Kier alpha value is -1.27. The van der Waals surface area contributed by atoms with Crippen molar-refractivity contribution in [1.29, 1.82) is 0 Å². The molecule has 20 heavy (non-hydrogen) atoms. The second kappa shape index (κ2) is 5.61. The highest BCUT2D eigenvalue weighted by molar-refractivity contribution is 9.10. The van der Waals surface area contributed by atoms with Crippen molar-refractivity contribution in [1.82, 2.24) is 9.78 Å². The number of carboxylic acids is 1. The summed E-state index contributed by atoms with van der Waals surface area (Å²) < 4.78 is 2.85. The van der Waals surface area contributed by atoms with Gasteiger partial charge in [0.25, 0.3) is 0 Å². The zero-order valence-corrected chi connectivity index (χ0v) is 13.0. The van der Waals surface area contributed by atoms with Gasteiger partial charge in [0, 0.05) is 10.4 Å². The number of nitrogens with zero attached hydrogens (tertiary/aromatic N) is 2. The van der Waals surface area contributed by atoms with Gasteiger partial charge >= 0.3 is 5.97 Å². The minimum atomic E-state index is -0.813. The minimum absolute atomic E-state index is 0.0479. The van der Waals surface area contributed by atoms with E-state index in [1.807, 2.05) is 35.0 Å². The molecule has 0 aliphatic heterocycles. The average Bonchev–Trinajstić information content (AvgIpc) is 3.18. The van der Waals surface area contributed by atoms with E-state index in [9.17, 15) is 4.79 Å². The van der Waals surface area contributed by atoms with Crippen LogP contribution in [-0.2, 0) is 4.79 Å². The maximum absolute atomic E-state index is 10.8. The van der Waals surface area contributed by atoms with E-state index in [1.54, 1.807) is 0 Å². The molecule has 1 aliphatic rings. The van der Waals surface area contributed by atoms with Crippen LogP contribution < -0.4 is 0 Å². The first-order chi connectivity index (χ1) is 9.63. The largest absolute Gasteiger partial charge is 0.481 e. The Labute approximate surface area is 129 Å². The van der Waals surface area contributed by atoms with Crippen LogP contribution in [-0.4, -0.2) is 26.6 Å². The molecule has 0 bridgehead atoms. The highest BCUT2D eigenvalue weighted by Crippen LogP contribution is 2.41. The highest BCUT2D eigenvalue weighted by Gasteiger charge is 2.27. The van der Waals surface area contributed by atoms with E-state index in [2.05, 4.69) is 21.0 Å². The zero-order valence-electron chi connectivity index (χ0n) is 10.6. The molecule has 1 aliphatic carbocycles. The molecular formula is C14H13BrN2O2S. The number of carbonyl (C=O) groups is 1. The first-order valence-corrected chi connectivity index (χ1v) is 8.12. The van der Waals surface area contributed by atoms with Crippen LogP contribution >= 0.6 is 27.7 Å². The van der Waals surface area contributed by atoms with Crippen molar-refractivity contribution in [2.24, 2.45) is 0 Å². The maximum Gasteiger partial charge on any atom is 0.313 e. The molecule has 0 unspecified atom stereocenters. The van der Waals surface area contributed by atoms with Gasteiger partial charge in [-0.2, -0.15) is 5.10 Å². The van der Waals surface area contributed by atoms with Gasteiger partial charge in [0.1, 0.15) is 5.03 Å². The Morgan fingerprint density at radius 2 is 2.10 bits per heavy atom. The van der Waals surface area contributed by atoms with Crippen LogP contribution in [0.2, 0.25) is 0 Å². The van der Waals surface area contributed by atoms with E-state index in [4.69, 9.17) is 5.11 Å². The Kier molecular flexibility index (Phi) is 3.85. The van der Waals surface area contributed by atoms with Crippen molar-refractivity contribution >= 4 is 33.7 Å². The summed E-state index contributed by atoms with van der Waals surface area (Å²) in [5, 5.41) is 14.4. The lowest BCUT2D eigenvalue weighted by molar-refractivity contribution is -0.133. The Morgan fingerprint density at radius 3 is 2.70 bits per heavy atom. The van der Waals surface area contributed by atoms with Gasteiger partial charge < -0.3 is 5.11 Å². The quantitative estimate of drug-likeness (QED) is 0.833. The predicted molar refractivity (Wildman–Crippen MR) is 81.6 cm³/mol. The Morgan fingerprint density at radius 1 is 1.40 bits per heavy atom. The molecule has 6 heteroatoms. The van der Waals surface area contributed by atoms with Gasteiger partial charge in [-0.25, -0.2) is 4.68 Å². The lowest BCUT2D eigenvalue weighted by Crippen LogP contribution is -2.02. The number of aliphatic carboxylic acids is 1. The molecule has 1 aromatic heterocycles. The van der Waals surface area contributed by atoms with E-state index >= 15 is 0 Å². The number of halogens is 1. The summed E-state index contributed by atoms with van der Waals surface area (Å²) in [6, 6.07) is 9.88. The van der Waals surface area contributed by atoms with Crippen LogP contribution in [0, 0.1) is 0 Å². The van der Waals surface area contributed by atoms with Crippen molar-refractivity contribution in [2.75, 3.05) is 5.75 Å². The zero-order chi connectivity index (χ0) is 14.1. The molecule has 1 heterocycles. The van der Waals surface area contributed by atoms with Crippen LogP contribution in [0.1, 0.15) is 24.5 Å². The average molecular weight is 353 g/mol. The SMILES string of the molecule is O=C(O)CSc1cc(C2CC2)nn1-c1ccc(Br)cc1. The standard InChI is InChI=1S/C14H13BrN2O2S/c15-10-3-5-11(6-4-10)17-13(20-8-14(18)19)7-12(16-17)9-1-2-9/h3-7,9H,1-2,8H2,(H,18,19). The first-order valence-electron chi connectivity index (χ1n) is 6.34. The Balaban J connectivity index is 1.93. The topological polar surface area (TPSA) is 55.1 Å². The molecule has 0 saturated heterocycles. The normalized spacial score (nSPS) is 14.4. The van der Waals surface area contributed by atoms with Crippen molar-refractivity contribution in [3.8, 4) is 5.69 Å². The van der Waals surface area contributed by atoms with E-state index < -0.39 is 5.97 Å². The summed E-state index contributed by atoms with van der Waals surface area (Å²) in [6.07, 6.45) is 2.36. The van der Waals surface area contributed by atoms with Gasteiger partial charge in [-0.05, 0) is 43.2 Å². The van der Waals surface area contributed by atoms with Crippen molar-refractivity contribution in [3.05, 3.63) is 40.5 Å². The van der Waals surface area contributed by atoms with E-state index in [0.717, 1.165) is 20.9 Å². The molecule has 2 aromatic rings. The molecule has 3 rings (SSSR count). The van der Waals surface area contributed by atoms with Crippen LogP contribution in [0.3, 0.4) is 0 Å². The summed E-state index contributed by atoms with van der Waals surface area (Å²) in [5.41, 5.74) is 2.02. The molecular weight excluding hydrogens is 340 g/mol. The molecule has 1 aromatic carbocycles. The highest BCUT2D eigenvalue weighted by atomic mass is 79.9. The van der Waals surface area contributed by atoms with Crippen LogP contribution in [0.25, 0.3) is 5.69 Å². The second-order valence-corrected chi connectivity index (χ2v) is 6.66. The van der Waals surface area contributed by atoms with Crippen LogP contribution in [0.4, 0.5) is 0 Å². The Bertz CT molecular complexity index is 635. The predicted octanol–water partition coefficient (Wildman–Crippen LogP) is 3.69. The number of rotatable bonds is 5. The number of benzene rings is 1. The molecule has 1 saturated carbocycles. The van der Waals surface area contributed by atoms with Gasteiger partial charge in [-0.1, -0.05) is 27.7 Å². The third-order valence-electron chi connectivity index (χ3n) is 3.11. The smallest absolute Gasteiger partial charge is 0.313 e. The van der Waals surface area contributed by atoms with Crippen molar-refractivity contribution in [2.45, 2.75) is 23.8 Å². The fourth-order valence-corrected chi connectivity index (χ4v) is 2.97. The van der Waals surface area contributed by atoms with E-state index in [-0.39, 0.29) is 5.75 Å². The molecule has 4 nitrogen and oxygen atoms in total. The molecule has 0 amide bonds. The molecule has 1 N–H and O–H groups in total. The summed E-state index contributed by atoms with van der Waals surface area (Å²) in [7, 11) is 0. The minimum Gasteiger partial charge on any atom is -0.481 e. The fourth-order valence-electron chi connectivity index (χ4n) is 1.97. The fraction of sp³-hybridized carbons (Fsp3) is 0.286. The monoisotopic (exact) mass is 352 g/mol. The van der Waals surface area contributed by atoms with E-state index in [1.165, 1.54) is 24.6 Å². The maximum atomic E-state index is 10.8. The molecule has 0 spiro atoms. The summed E-state index contributed by atoms with van der Waals surface area (Å²) in [4.78, 5) is 10.8. The lowest BCUT2D eigenvalue weighted by atomic mass is 10.3. The summed E-state index contributed by atoms with van der Waals surface area (Å²) in [5.74, 6) is -0.214. The first kappa shape index (κ1) is 13.7. The molecule has 104 valence electrons. The van der Waals surface area contributed by atoms with Crippen molar-refractivity contribution < 1.29 is 9.90 Å². The van der Waals surface area contributed by atoms with Gasteiger partial charge in [0.05, 0.1) is 17.1 Å². The number of thioether (sulfide) groups is 1. The number of carboxylic acid groups (broad SMARTS) is 1. The number of hydrogen-bond donors (Lipinski definition) is 1. The van der Waals surface area contributed by atoms with Gasteiger partial charge in [-0.3, -0.25) is 4.79 Å². The third-order valence-corrected chi connectivity index (χ3v) is 4.61. The van der Waals surface area contributed by atoms with E-state index in [0.29, 0.717) is 5.92 Å². The van der Waals surface area contributed by atoms with Gasteiger partial charge in [0.15, 0.2) is 0 Å². The number of aromatic nitrogens is 2.